The second kappa shape index (κ2) is 4.95. The molecule has 0 saturated carbocycles. The highest BCUT2D eigenvalue weighted by molar-refractivity contribution is 5.89. The van der Waals surface area contributed by atoms with Crippen LogP contribution in [-0.4, -0.2) is 11.2 Å². The zero-order valence-corrected chi connectivity index (χ0v) is 12.1. The SMILES string of the molecule is Cc1ccc([C@@H](N)[C@@H](O)C(C)(C)C)c2ccccc12. The molecule has 2 atom stereocenters. The topological polar surface area (TPSA) is 46.2 Å². The zero-order chi connectivity index (χ0) is 14.2. The number of fused-ring (bicyclic) bond motifs is 1. The monoisotopic (exact) mass is 257 g/mol. The van der Waals surface area contributed by atoms with Gasteiger partial charge in [-0.05, 0) is 34.2 Å². The average Bonchev–Trinajstić information content (AvgIpc) is 2.37. The summed E-state index contributed by atoms with van der Waals surface area (Å²) in [5.41, 5.74) is 8.31. The van der Waals surface area contributed by atoms with Gasteiger partial charge in [-0.3, -0.25) is 0 Å². The van der Waals surface area contributed by atoms with Crippen LogP contribution in [0, 0.1) is 12.3 Å². The second-order valence-corrected chi connectivity index (χ2v) is 6.35. The van der Waals surface area contributed by atoms with Crippen molar-refractivity contribution in [1.82, 2.24) is 0 Å². The van der Waals surface area contributed by atoms with Crippen molar-refractivity contribution in [1.29, 1.82) is 0 Å². The molecular formula is C17H23NO. The van der Waals surface area contributed by atoms with Crippen LogP contribution in [0.3, 0.4) is 0 Å². The Kier molecular flexibility index (Phi) is 3.66. The molecule has 0 saturated heterocycles. The molecule has 2 aromatic rings. The summed E-state index contributed by atoms with van der Waals surface area (Å²) >= 11 is 0. The lowest BCUT2D eigenvalue weighted by atomic mass is 9.81. The first-order chi connectivity index (χ1) is 8.82. The van der Waals surface area contributed by atoms with Crippen molar-refractivity contribution in [3.63, 3.8) is 0 Å². The van der Waals surface area contributed by atoms with E-state index < -0.39 is 6.10 Å². The molecule has 0 heterocycles. The van der Waals surface area contributed by atoms with E-state index >= 15 is 0 Å². The first-order valence-corrected chi connectivity index (χ1v) is 6.74. The Morgan fingerprint density at radius 2 is 1.58 bits per heavy atom. The predicted octanol–water partition coefficient (Wildman–Crippen LogP) is 3.56. The molecule has 0 aliphatic heterocycles. The summed E-state index contributed by atoms with van der Waals surface area (Å²) in [6.07, 6.45) is -0.571. The minimum atomic E-state index is -0.571. The van der Waals surface area contributed by atoms with Crippen LogP contribution in [-0.2, 0) is 0 Å². The van der Waals surface area contributed by atoms with Gasteiger partial charge < -0.3 is 10.8 Å². The minimum Gasteiger partial charge on any atom is -0.391 e. The van der Waals surface area contributed by atoms with Gasteiger partial charge in [0.1, 0.15) is 0 Å². The lowest BCUT2D eigenvalue weighted by molar-refractivity contribution is 0.0405. The third kappa shape index (κ3) is 2.65. The number of hydrogen-bond donors (Lipinski definition) is 2. The van der Waals surface area contributed by atoms with Crippen LogP contribution in [0.15, 0.2) is 36.4 Å². The van der Waals surface area contributed by atoms with Gasteiger partial charge in [-0.15, -0.1) is 0 Å². The lowest BCUT2D eigenvalue weighted by Crippen LogP contribution is -2.37. The maximum Gasteiger partial charge on any atom is 0.0781 e. The third-order valence-electron chi connectivity index (χ3n) is 3.76. The molecule has 2 rings (SSSR count). The molecule has 102 valence electrons. The summed E-state index contributed by atoms with van der Waals surface area (Å²) in [6.45, 7) is 8.12. The summed E-state index contributed by atoms with van der Waals surface area (Å²) in [5.74, 6) is 0. The highest BCUT2D eigenvalue weighted by Crippen LogP contribution is 2.33. The van der Waals surface area contributed by atoms with Crippen LogP contribution in [0.1, 0.15) is 37.9 Å². The van der Waals surface area contributed by atoms with Crippen molar-refractivity contribution in [3.05, 3.63) is 47.5 Å². The number of rotatable bonds is 2. The standard InChI is InChI=1S/C17H23NO/c1-11-9-10-14(13-8-6-5-7-12(11)13)15(18)16(19)17(2,3)4/h5-10,15-16,19H,18H2,1-4H3/t15-,16-/m1/s1. The van der Waals surface area contributed by atoms with Gasteiger partial charge in [0, 0.05) is 0 Å². The van der Waals surface area contributed by atoms with Gasteiger partial charge in [-0.1, -0.05) is 57.2 Å². The zero-order valence-electron chi connectivity index (χ0n) is 12.1. The fraction of sp³-hybridized carbons (Fsp3) is 0.412. The molecule has 0 amide bonds. The summed E-state index contributed by atoms with van der Waals surface area (Å²) in [5, 5.41) is 12.8. The Labute approximate surface area is 115 Å². The number of aliphatic hydroxyl groups is 1. The molecule has 2 aromatic carbocycles. The van der Waals surface area contributed by atoms with Crippen LogP contribution >= 0.6 is 0 Å². The van der Waals surface area contributed by atoms with Crippen LogP contribution in [0.5, 0.6) is 0 Å². The summed E-state index contributed by atoms with van der Waals surface area (Å²) in [6, 6.07) is 12.0. The Hall–Kier alpha value is -1.38. The summed E-state index contributed by atoms with van der Waals surface area (Å²) in [7, 11) is 0. The lowest BCUT2D eigenvalue weighted by Gasteiger charge is -2.31. The van der Waals surface area contributed by atoms with Crippen molar-refractivity contribution in [2.45, 2.75) is 39.8 Å². The van der Waals surface area contributed by atoms with E-state index in [0.717, 1.165) is 10.9 Å². The number of aryl methyl sites for hydroxylation is 1. The van der Waals surface area contributed by atoms with Crippen LogP contribution in [0.25, 0.3) is 10.8 Å². The Balaban J connectivity index is 2.55. The molecule has 2 nitrogen and oxygen atoms in total. The summed E-state index contributed by atoms with van der Waals surface area (Å²) < 4.78 is 0. The van der Waals surface area contributed by atoms with Gasteiger partial charge in [0.2, 0.25) is 0 Å². The minimum absolute atomic E-state index is 0.231. The van der Waals surface area contributed by atoms with Crippen molar-refractivity contribution in [2.75, 3.05) is 0 Å². The quantitative estimate of drug-likeness (QED) is 0.864. The van der Waals surface area contributed by atoms with Gasteiger partial charge in [-0.25, -0.2) is 0 Å². The normalized spacial score (nSPS) is 15.5. The molecule has 0 bridgehead atoms. The van der Waals surface area contributed by atoms with E-state index in [-0.39, 0.29) is 11.5 Å². The Bertz CT molecular complexity index is 583. The van der Waals surface area contributed by atoms with Crippen molar-refractivity contribution >= 4 is 10.8 Å². The van der Waals surface area contributed by atoms with E-state index in [2.05, 4.69) is 25.1 Å². The van der Waals surface area contributed by atoms with E-state index in [1.165, 1.54) is 10.9 Å². The first-order valence-electron chi connectivity index (χ1n) is 6.74. The largest absolute Gasteiger partial charge is 0.391 e. The second-order valence-electron chi connectivity index (χ2n) is 6.35. The molecule has 2 heteroatoms. The van der Waals surface area contributed by atoms with Crippen LogP contribution in [0.4, 0.5) is 0 Å². The predicted molar refractivity (Wildman–Crippen MR) is 81.1 cm³/mol. The van der Waals surface area contributed by atoms with E-state index in [9.17, 15) is 5.11 Å². The molecule has 0 aliphatic carbocycles. The van der Waals surface area contributed by atoms with E-state index in [1.54, 1.807) is 0 Å². The molecule has 0 spiro atoms. The van der Waals surface area contributed by atoms with Crippen LogP contribution in [0.2, 0.25) is 0 Å². The van der Waals surface area contributed by atoms with Crippen molar-refractivity contribution in [3.8, 4) is 0 Å². The fourth-order valence-corrected chi connectivity index (χ4v) is 2.47. The maximum absolute atomic E-state index is 10.4. The Morgan fingerprint density at radius 1 is 1.00 bits per heavy atom. The molecule has 0 unspecified atom stereocenters. The van der Waals surface area contributed by atoms with E-state index in [1.807, 2.05) is 39.0 Å². The molecule has 19 heavy (non-hydrogen) atoms. The average molecular weight is 257 g/mol. The number of nitrogens with two attached hydrogens (primary N) is 1. The number of benzene rings is 2. The van der Waals surface area contributed by atoms with Crippen molar-refractivity contribution < 1.29 is 5.11 Å². The molecule has 0 fully saturated rings. The fourth-order valence-electron chi connectivity index (χ4n) is 2.47. The third-order valence-corrected chi connectivity index (χ3v) is 3.76. The molecule has 0 aliphatic rings. The molecular weight excluding hydrogens is 234 g/mol. The molecule has 3 N–H and O–H groups in total. The van der Waals surface area contributed by atoms with Crippen LogP contribution < -0.4 is 5.73 Å². The first kappa shape index (κ1) is 14.0. The highest BCUT2D eigenvalue weighted by atomic mass is 16.3. The van der Waals surface area contributed by atoms with Gasteiger partial charge in [0.15, 0.2) is 0 Å². The maximum atomic E-state index is 10.4. The Morgan fingerprint density at radius 3 is 2.16 bits per heavy atom. The summed E-state index contributed by atoms with van der Waals surface area (Å²) in [4.78, 5) is 0. The molecule has 0 aromatic heterocycles. The number of aliphatic hydroxyl groups excluding tert-OH is 1. The van der Waals surface area contributed by atoms with Crippen molar-refractivity contribution in [2.24, 2.45) is 11.1 Å². The van der Waals surface area contributed by atoms with Gasteiger partial charge in [0.25, 0.3) is 0 Å². The molecule has 0 radical (unpaired) electrons. The van der Waals surface area contributed by atoms with E-state index in [4.69, 9.17) is 5.73 Å². The van der Waals surface area contributed by atoms with Gasteiger partial charge >= 0.3 is 0 Å². The van der Waals surface area contributed by atoms with Gasteiger partial charge in [-0.2, -0.15) is 0 Å². The number of hydrogen-bond acceptors (Lipinski definition) is 2. The van der Waals surface area contributed by atoms with E-state index in [0.29, 0.717) is 0 Å². The highest BCUT2D eigenvalue weighted by Gasteiger charge is 2.29. The smallest absolute Gasteiger partial charge is 0.0781 e. The van der Waals surface area contributed by atoms with Gasteiger partial charge in [0.05, 0.1) is 12.1 Å².